The van der Waals surface area contributed by atoms with Gasteiger partial charge in [-0.3, -0.25) is 0 Å². The van der Waals surface area contributed by atoms with E-state index in [1.54, 1.807) is 0 Å². The van der Waals surface area contributed by atoms with E-state index in [4.69, 9.17) is 11.6 Å². The Balaban J connectivity index is 1.63. The van der Waals surface area contributed by atoms with Crippen molar-refractivity contribution in [2.24, 2.45) is 10.2 Å². The van der Waals surface area contributed by atoms with Gasteiger partial charge in [-0.2, -0.15) is 16.0 Å². The molecule has 1 aliphatic heterocycles. The lowest BCUT2D eigenvalue weighted by molar-refractivity contribution is 1.14. The second-order valence-corrected chi connectivity index (χ2v) is 8.58. The highest BCUT2D eigenvalue weighted by Gasteiger charge is 2.22. The van der Waals surface area contributed by atoms with E-state index in [2.05, 4.69) is 52.4 Å². The maximum Gasteiger partial charge on any atom is 0.128 e. The molecule has 3 aromatic rings. The summed E-state index contributed by atoms with van der Waals surface area (Å²) in [6, 6.07) is 16.6. The second-order valence-electron chi connectivity index (χ2n) is 6.11. The normalized spacial score (nSPS) is 18.0. The average molecular weight is 370 g/mol. The first-order valence-electron chi connectivity index (χ1n) is 8.48. The predicted molar refractivity (Wildman–Crippen MR) is 112 cm³/mol. The molecule has 128 valence electrons. The number of hydrogen-bond acceptors (Lipinski definition) is 2. The van der Waals surface area contributed by atoms with Gasteiger partial charge in [0.15, 0.2) is 0 Å². The van der Waals surface area contributed by atoms with E-state index in [9.17, 15) is 0 Å². The number of thiol groups is 1. The zero-order valence-corrected chi connectivity index (χ0v) is 15.7. The Morgan fingerprint density at radius 2 is 1.96 bits per heavy atom. The molecule has 1 atom stereocenters. The highest BCUT2D eigenvalue weighted by molar-refractivity contribution is 8.40. The van der Waals surface area contributed by atoms with Crippen LogP contribution in [0.4, 0.5) is 0 Å². The molecule has 5 heteroatoms. The van der Waals surface area contributed by atoms with Crippen molar-refractivity contribution in [3.05, 3.63) is 70.4 Å². The molecule has 0 radical (unpaired) electrons. The van der Waals surface area contributed by atoms with E-state index >= 15 is 0 Å². The minimum Gasteiger partial charge on any atom is -0.353 e. The topological polar surface area (TPSA) is 40.5 Å². The molecule has 0 amide bonds. The molecule has 4 rings (SSSR count). The summed E-state index contributed by atoms with van der Waals surface area (Å²) in [4.78, 5) is 3.56. The Hall–Kier alpha value is -2.04. The Bertz CT molecular complexity index is 960. The van der Waals surface area contributed by atoms with Gasteiger partial charge in [0.1, 0.15) is 5.04 Å². The lowest BCUT2D eigenvalue weighted by Crippen LogP contribution is -2.07. The zero-order valence-electron chi connectivity index (χ0n) is 14.0. The largest absolute Gasteiger partial charge is 0.353 e. The summed E-state index contributed by atoms with van der Waals surface area (Å²) in [6.45, 7) is 2.18. The Morgan fingerprint density at radius 1 is 1.12 bits per heavy atom. The van der Waals surface area contributed by atoms with E-state index in [1.165, 1.54) is 16.5 Å². The number of H-pyrrole nitrogens is 1. The van der Waals surface area contributed by atoms with Crippen molar-refractivity contribution in [2.45, 2.75) is 19.8 Å². The fraction of sp³-hybridized carbons (Fsp3) is 0.200. The number of aryl methyl sites for hydroxylation is 2. The smallest absolute Gasteiger partial charge is 0.128 e. The molecule has 0 spiro atoms. The SMILES string of the molecule is CCc1c(C2=NN=C[SH]2CCc2ccccc2)[nH]c2ccc(Cl)cc12. The molecule has 1 aromatic heterocycles. The number of aromatic amines is 1. The van der Waals surface area contributed by atoms with Crippen molar-refractivity contribution in [2.75, 3.05) is 5.75 Å². The summed E-state index contributed by atoms with van der Waals surface area (Å²) < 4.78 is 0. The van der Waals surface area contributed by atoms with Crippen molar-refractivity contribution < 1.29 is 0 Å². The van der Waals surface area contributed by atoms with E-state index in [0.29, 0.717) is 0 Å². The standard InChI is InChI=1S/C20H20ClN3S/c1-2-16-17-12-15(21)8-9-18(17)23-19(16)20-24-22-13-25(20)11-10-14-6-4-3-5-7-14/h3-9,12-13,23,25H,2,10-11H2,1H3. The fourth-order valence-electron chi connectivity index (χ4n) is 3.28. The lowest BCUT2D eigenvalue weighted by Gasteiger charge is -2.15. The van der Waals surface area contributed by atoms with Crippen LogP contribution in [0.5, 0.6) is 0 Å². The lowest BCUT2D eigenvalue weighted by atomic mass is 10.1. The van der Waals surface area contributed by atoms with Gasteiger partial charge in [0.25, 0.3) is 0 Å². The summed E-state index contributed by atoms with van der Waals surface area (Å²) in [5.74, 6) is 1.07. The molecule has 0 bridgehead atoms. The molecule has 0 saturated heterocycles. The van der Waals surface area contributed by atoms with E-state index in [0.717, 1.165) is 39.9 Å². The van der Waals surface area contributed by atoms with E-state index < -0.39 is 10.9 Å². The van der Waals surface area contributed by atoms with Gasteiger partial charge in [0, 0.05) is 15.9 Å². The third kappa shape index (κ3) is 3.24. The zero-order chi connectivity index (χ0) is 17.2. The van der Waals surface area contributed by atoms with Crippen LogP contribution in [0, 0.1) is 0 Å². The molecule has 1 N–H and O–H groups in total. The molecule has 0 fully saturated rings. The van der Waals surface area contributed by atoms with Gasteiger partial charge < -0.3 is 4.98 Å². The first-order valence-corrected chi connectivity index (χ1v) is 10.5. The summed E-state index contributed by atoms with van der Waals surface area (Å²) >= 11 is 6.20. The van der Waals surface area contributed by atoms with Crippen LogP contribution in [0.1, 0.15) is 23.7 Å². The molecular formula is C20H20ClN3S. The highest BCUT2D eigenvalue weighted by atomic mass is 35.5. The molecule has 0 aliphatic carbocycles. The molecule has 1 aliphatic rings. The molecule has 25 heavy (non-hydrogen) atoms. The van der Waals surface area contributed by atoms with Gasteiger partial charge in [0.05, 0.1) is 11.2 Å². The number of nitrogens with zero attached hydrogens (tertiary/aromatic N) is 2. The van der Waals surface area contributed by atoms with Crippen LogP contribution in [-0.2, 0) is 12.8 Å². The number of fused-ring (bicyclic) bond motifs is 1. The number of halogens is 1. The third-order valence-electron chi connectivity index (χ3n) is 4.55. The maximum absolute atomic E-state index is 6.20. The highest BCUT2D eigenvalue weighted by Crippen LogP contribution is 2.37. The number of aromatic nitrogens is 1. The van der Waals surface area contributed by atoms with Crippen molar-refractivity contribution in [1.82, 2.24) is 4.98 Å². The number of benzene rings is 2. The Morgan fingerprint density at radius 3 is 2.76 bits per heavy atom. The summed E-state index contributed by atoms with van der Waals surface area (Å²) in [6.07, 6.45) is 1.99. The third-order valence-corrected chi connectivity index (χ3v) is 6.72. The molecule has 3 nitrogen and oxygen atoms in total. The second kappa shape index (κ2) is 7.06. The van der Waals surface area contributed by atoms with Gasteiger partial charge in [-0.15, -0.1) is 5.10 Å². The summed E-state index contributed by atoms with van der Waals surface area (Å²) in [5.41, 5.74) is 6.93. The monoisotopic (exact) mass is 369 g/mol. The van der Waals surface area contributed by atoms with E-state index in [1.807, 2.05) is 23.7 Å². The summed E-state index contributed by atoms with van der Waals surface area (Å²) in [7, 11) is -0.481. The van der Waals surface area contributed by atoms with Gasteiger partial charge in [-0.1, -0.05) is 48.9 Å². The van der Waals surface area contributed by atoms with Crippen molar-refractivity contribution in [3.8, 4) is 0 Å². The minimum absolute atomic E-state index is 0.481. The molecular weight excluding hydrogens is 350 g/mol. The van der Waals surface area contributed by atoms with Gasteiger partial charge >= 0.3 is 0 Å². The Kier molecular flexibility index (Phi) is 4.64. The van der Waals surface area contributed by atoms with Crippen LogP contribution in [0.3, 0.4) is 0 Å². The van der Waals surface area contributed by atoms with Crippen molar-refractivity contribution in [3.63, 3.8) is 0 Å². The van der Waals surface area contributed by atoms with Crippen LogP contribution >= 0.6 is 22.5 Å². The first kappa shape index (κ1) is 16.4. The summed E-state index contributed by atoms with van der Waals surface area (Å²) in [5, 5.41) is 11.8. The first-order chi connectivity index (χ1) is 12.3. The molecule has 2 aromatic carbocycles. The number of rotatable bonds is 5. The molecule has 1 unspecified atom stereocenters. The number of hydrogen-bond donors (Lipinski definition) is 2. The van der Waals surface area contributed by atoms with Crippen LogP contribution in [0.2, 0.25) is 5.02 Å². The molecule has 0 saturated carbocycles. The van der Waals surface area contributed by atoms with Gasteiger partial charge in [-0.25, -0.2) is 0 Å². The van der Waals surface area contributed by atoms with Crippen LogP contribution in [0.25, 0.3) is 10.9 Å². The quantitative estimate of drug-likeness (QED) is 0.570. The van der Waals surface area contributed by atoms with E-state index in [-0.39, 0.29) is 0 Å². The molecule has 2 heterocycles. The fourth-order valence-corrected chi connectivity index (χ4v) is 5.21. The van der Waals surface area contributed by atoms with Crippen molar-refractivity contribution >= 4 is 44.0 Å². The minimum atomic E-state index is -0.481. The van der Waals surface area contributed by atoms with Gasteiger partial charge in [-0.05, 0) is 47.9 Å². The van der Waals surface area contributed by atoms with Crippen LogP contribution < -0.4 is 0 Å². The Labute approximate surface area is 155 Å². The van der Waals surface area contributed by atoms with Gasteiger partial charge in [0.2, 0.25) is 0 Å². The van der Waals surface area contributed by atoms with Crippen molar-refractivity contribution in [1.29, 1.82) is 0 Å². The predicted octanol–water partition coefficient (Wildman–Crippen LogP) is 5.33. The number of nitrogens with one attached hydrogen (secondary N) is 1. The van der Waals surface area contributed by atoms with Crippen LogP contribution in [0.15, 0.2) is 58.7 Å². The van der Waals surface area contributed by atoms with Crippen LogP contribution in [-0.4, -0.2) is 21.3 Å². The average Bonchev–Trinajstić information content (AvgIpc) is 3.24. The maximum atomic E-state index is 6.20.